The minimum absolute atomic E-state index is 0.284. The smallest absolute Gasteiger partial charge is 0.309 e. The van der Waals surface area contributed by atoms with Crippen molar-refractivity contribution in [3.05, 3.63) is 0 Å². The molecule has 7 nitrogen and oxygen atoms in total. The summed E-state index contributed by atoms with van der Waals surface area (Å²) in [6.07, 6.45) is 2.18. The molecule has 0 aromatic rings. The Morgan fingerprint density at radius 3 is 2.14 bits per heavy atom. The first kappa shape index (κ1) is 16.7. The van der Waals surface area contributed by atoms with Gasteiger partial charge in [0.2, 0.25) is 0 Å². The van der Waals surface area contributed by atoms with Crippen molar-refractivity contribution < 1.29 is 23.1 Å². The fourth-order valence-corrected chi connectivity index (χ4v) is 4.72. The van der Waals surface area contributed by atoms with Crippen LogP contribution < -0.4 is 0 Å². The lowest BCUT2D eigenvalue weighted by Crippen LogP contribution is -2.53. The van der Waals surface area contributed by atoms with Crippen molar-refractivity contribution in [2.24, 2.45) is 5.41 Å². The van der Waals surface area contributed by atoms with Crippen LogP contribution in [-0.2, 0) is 19.7 Å². The van der Waals surface area contributed by atoms with E-state index in [1.165, 1.54) is 8.61 Å². The first-order chi connectivity index (χ1) is 9.92. The van der Waals surface area contributed by atoms with Crippen molar-refractivity contribution in [2.75, 3.05) is 39.4 Å². The third kappa shape index (κ3) is 3.39. The molecule has 0 spiro atoms. The summed E-state index contributed by atoms with van der Waals surface area (Å²) in [6, 6.07) is 0. The molecule has 2 heterocycles. The molecule has 2 rings (SSSR count). The van der Waals surface area contributed by atoms with Gasteiger partial charge in [-0.2, -0.15) is 17.0 Å². The van der Waals surface area contributed by atoms with Crippen molar-refractivity contribution in [1.82, 2.24) is 8.61 Å². The number of hydrogen-bond donors (Lipinski definition) is 1. The van der Waals surface area contributed by atoms with E-state index < -0.39 is 21.6 Å². The normalized spacial score (nSPS) is 24.8. The second-order valence-corrected chi connectivity index (χ2v) is 7.68. The third-order valence-electron chi connectivity index (χ3n) is 4.48. The first-order valence-electron chi connectivity index (χ1n) is 7.49. The van der Waals surface area contributed by atoms with Crippen molar-refractivity contribution in [3.8, 4) is 0 Å². The highest BCUT2D eigenvalue weighted by Crippen LogP contribution is 2.37. The minimum atomic E-state index is -3.48. The van der Waals surface area contributed by atoms with E-state index in [1.54, 1.807) is 0 Å². The lowest BCUT2D eigenvalue weighted by atomic mass is 9.75. The molecule has 0 aromatic carbocycles. The summed E-state index contributed by atoms with van der Waals surface area (Å²) in [7, 11) is -3.48. The minimum Gasteiger partial charge on any atom is -0.481 e. The Kier molecular flexibility index (Phi) is 5.24. The van der Waals surface area contributed by atoms with Crippen molar-refractivity contribution >= 4 is 16.2 Å². The average molecular weight is 320 g/mol. The van der Waals surface area contributed by atoms with Crippen LogP contribution in [0.3, 0.4) is 0 Å². The van der Waals surface area contributed by atoms with Gasteiger partial charge in [-0.3, -0.25) is 4.79 Å². The van der Waals surface area contributed by atoms with Gasteiger partial charge in [0, 0.05) is 26.2 Å². The molecule has 21 heavy (non-hydrogen) atoms. The molecular weight excluding hydrogens is 296 g/mol. The highest BCUT2D eigenvalue weighted by Gasteiger charge is 2.44. The summed E-state index contributed by atoms with van der Waals surface area (Å²) < 4.78 is 33.1. The van der Waals surface area contributed by atoms with Gasteiger partial charge in [0.05, 0.1) is 18.6 Å². The van der Waals surface area contributed by atoms with Crippen LogP contribution in [-0.4, -0.2) is 67.5 Å². The number of piperidine rings is 1. The number of morpholine rings is 1. The van der Waals surface area contributed by atoms with Gasteiger partial charge in [-0.1, -0.05) is 13.3 Å². The Morgan fingerprint density at radius 2 is 1.67 bits per heavy atom. The van der Waals surface area contributed by atoms with E-state index in [0.29, 0.717) is 45.6 Å². The zero-order valence-corrected chi connectivity index (χ0v) is 13.3. The Balaban J connectivity index is 2.04. The summed E-state index contributed by atoms with van der Waals surface area (Å²) in [5.41, 5.74) is -0.758. The Hall–Kier alpha value is -0.700. The van der Waals surface area contributed by atoms with Crippen LogP contribution in [0.15, 0.2) is 0 Å². The molecule has 0 aliphatic carbocycles. The molecule has 0 aromatic heterocycles. The first-order valence-corrected chi connectivity index (χ1v) is 8.88. The van der Waals surface area contributed by atoms with Gasteiger partial charge in [0.25, 0.3) is 10.2 Å². The Labute approximate surface area is 126 Å². The van der Waals surface area contributed by atoms with Crippen LogP contribution >= 0.6 is 0 Å². The Morgan fingerprint density at radius 1 is 1.14 bits per heavy atom. The number of carbonyl (C=O) groups is 1. The van der Waals surface area contributed by atoms with Crippen molar-refractivity contribution in [1.29, 1.82) is 0 Å². The van der Waals surface area contributed by atoms with Gasteiger partial charge in [0.15, 0.2) is 0 Å². The predicted molar refractivity (Wildman–Crippen MR) is 77.1 cm³/mol. The van der Waals surface area contributed by atoms with E-state index in [1.807, 2.05) is 6.92 Å². The predicted octanol–water partition coefficient (Wildman–Crippen LogP) is 0.530. The quantitative estimate of drug-likeness (QED) is 0.798. The number of ether oxygens (including phenoxy) is 1. The van der Waals surface area contributed by atoms with Gasteiger partial charge in [0.1, 0.15) is 0 Å². The molecular formula is C13H24N2O5S. The van der Waals surface area contributed by atoms with Gasteiger partial charge in [-0.15, -0.1) is 0 Å². The molecule has 0 bridgehead atoms. The SMILES string of the molecule is CCCC1(C(=O)O)CCN(S(=O)(=O)N2CCOCC2)CC1. The molecule has 8 heteroatoms. The third-order valence-corrected chi connectivity index (χ3v) is 6.52. The lowest BCUT2D eigenvalue weighted by Gasteiger charge is -2.40. The molecule has 2 saturated heterocycles. The number of rotatable bonds is 5. The van der Waals surface area contributed by atoms with Gasteiger partial charge < -0.3 is 9.84 Å². The summed E-state index contributed by atoms with van der Waals surface area (Å²) in [5.74, 6) is -0.798. The van der Waals surface area contributed by atoms with Gasteiger partial charge in [-0.25, -0.2) is 0 Å². The number of carboxylic acid groups (broad SMARTS) is 1. The summed E-state index contributed by atoms with van der Waals surface area (Å²) in [4.78, 5) is 11.5. The number of aliphatic carboxylic acids is 1. The summed E-state index contributed by atoms with van der Waals surface area (Å²) in [5, 5.41) is 9.46. The second-order valence-electron chi connectivity index (χ2n) is 5.75. The average Bonchev–Trinajstić information content (AvgIpc) is 2.49. The van der Waals surface area contributed by atoms with E-state index in [0.717, 1.165) is 6.42 Å². The van der Waals surface area contributed by atoms with E-state index in [4.69, 9.17) is 4.74 Å². The molecule has 2 aliphatic heterocycles. The van der Waals surface area contributed by atoms with Crippen LogP contribution in [0.25, 0.3) is 0 Å². The molecule has 0 saturated carbocycles. The van der Waals surface area contributed by atoms with Crippen LogP contribution in [0.2, 0.25) is 0 Å². The molecule has 0 radical (unpaired) electrons. The van der Waals surface area contributed by atoms with E-state index in [2.05, 4.69) is 0 Å². The van der Waals surface area contributed by atoms with Crippen LogP contribution in [0, 0.1) is 5.41 Å². The van der Waals surface area contributed by atoms with Crippen molar-refractivity contribution in [3.63, 3.8) is 0 Å². The number of carboxylic acids is 1. The topological polar surface area (TPSA) is 87.2 Å². The number of nitrogens with zero attached hydrogens (tertiary/aromatic N) is 2. The maximum absolute atomic E-state index is 12.5. The second kappa shape index (κ2) is 6.60. The van der Waals surface area contributed by atoms with Crippen LogP contribution in [0.1, 0.15) is 32.6 Å². The van der Waals surface area contributed by atoms with E-state index in [9.17, 15) is 18.3 Å². The zero-order chi connectivity index (χ0) is 15.5. The molecule has 2 fully saturated rings. The largest absolute Gasteiger partial charge is 0.481 e. The van der Waals surface area contributed by atoms with Crippen molar-refractivity contribution in [2.45, 2.75) is 32.6 Å². The molecule has 1 N–H and O–H groups in total. The maximum atomic E-state index is 12.5. The van der Waals surface area contributed by atoms with Gasteiger partial charge in [-0.05, 0) is 19.3 Å². The standard InChI is InChI=1S/C13H24N2O5S/c1-2-3-13(12(16)17)4-6-14(7-5-13)21(18,19)15-8-10-20-11-9-15/h2-11H2,1H3,(H,16,17). The highest BCUT2D eigenvalue weighted by atomic mass is 32.2. The Bertz CT molecular complexity index is 465. The maximum Gasteiger partial charge on any atom is 0.309 e. The lowest BCUT2D eigenvalue weighted by molar-refractivity contribution is -0.152. The highest BCUT2D eigenvalue weighted by molar-refractivity contribution is 7.86. The van der Waals surface area contributed by atoms with Crippen LogP contribution in [0.5, 0.6) is 0 Å². The monoisotopic (exact) mass is 320 g/mol. The zero-order valence-electron chi connectivity index (χ0n) is 12.5. The fourth-order valence-electron chi connectivity index (χ4n) is 3.13. The van der Waals surface area contributed by atoms with Gasteiger partial charge >= 0.3 is 5.97 Å². The summed E-state index contributed by atoms with van der Waals surface area (Å²) in [6.45, 7) is 4.11. The van der Waals surface area contributed by atoms with E-state index >= 15 is 0 Å². The van der Waals surface area contributed by atoms with E-state index in [-0.39, 0.29) is 13.1 Å². The van der Waals surface area contributed by atoms with Crippen LogP contribution in [0.4, 0.5) is 0 Å². The number of hydrogen-bond acceptors (Lipinski definition) is 4. The molecule has 0 amide bonds. The molecule has 0 unspecified atom stereocenters. The molecule has 0 atom stereocenters. The molecule has 122 valence electrons. The fraction of sp³-hybridized carbons (Fsp3) is 0.923. The molecule has 2 aliphatic rings. The summed E-state index contributed by atoms with van der Waals surface area (Å²) >= 11 is 0.